The van der Waals surface area contributed by atoms with E-state index < -0.39 is 0 Å². The summed E-state index contributed by atoms with van der Waals surface area (Å²) >= 11 is 0. The fourth-order valence-electron chi connectivity index (χ4n) is 2.47. The fraction of sp³-hybridized carbons (Fsp3) is 0.211. The summed E-state index contributed by atoms with van der Waals surface area (Å²) in [5.74, 6) is 0.680. The summed E-state index contributed by atoms with van der Waals surface area (Å²) in [6.45, 7) is 6.07. The van der Waals surface area contributed by atoms with E-state index in [0.29, 0.717) is 11.4 Å². The van der Waals surface area contributed by atoms with Crippen LogP contribution in [0.1, 0.15) is 41.4 Å². The molecule has 0 aliphatic carbocycles. The lowest BCUT2D eigenvalue weighted by atomic mass is 10.0. The van der Waals surface area contributed by atoms with E-state index in [1.807, 2.05) is 49.4 Å². The number of carbonyl (C=O) groups is 1. The zero-order valence-electron chi connectivity index (χ0n) is 13.5. The standard InChI is InChI=1S/C19H19N3O/c1-12(2)17-11-15(14-8-4-5-9-16(14)21-17)19(23)22-18-13(3)7-6-10-20-18/h4-12H,1-3H3,(H,20,22,23). The van der Waals surface area contributed by atoms with Gasteiger partial charge in [-0.15, -0.1) is 0 Å². The fourth-order valence-corrected chi connectivity index (χ4v) is 2.47. The third kappa shape index (κ3) is 3.06. The molecule has 0 unspecified atom stereocenters. The maximum absolute atomic E-state index is 12.8. The number of aromatic nitrogens is 2. The van der Waals surface area contributed by atoms with Crippen molar-refractivity contribution in [3.63, 3.8) is 0 Å². The van der Waals surface area contributed by atoms with Gasteiger partial charge in [0, 0.05) is 17.3 Å². The van der Waals surface area contributed by atoms with Gasteiger partial charge in [-0.3, -0.25) is 9.78 Å². The van der Waals surface area contributed by atoms with Crippen LogP contribution in [0.5, 0.6) is 0 Å². The van der Waals surface area contributed by atoms with Gasteiger partial charge < -0.3 is 5.32 Å². The Morgan fingerprint density at radius 2 is 1.91 bits per heavy atom. The van der Waals surface area contributed by atoms with E-state index in [0.717, 1.165) is 22.2 Å². The molecule has 23 heavy (non-hydrogen) atoms. The quantitative estimate of drug-likeness (QED) is 0.784. The molecular weight excluding hydrogens is 286 g/mol. The number of amides is 1. The molecule has 3 rings (SSSR count). The van der Waals surface area contributed by atoms with Gasteiger partial charge in [-0.25, -0.2) is 4.98 Å². The van der Waals surface area contributed by atoms with Gasteiger partial charge in [0.2, 0.25) is 0 Å². The average molecular weight is 305 g/mol. The third-order valence-corrected chi connectivity index (χ3v) is 3.81. The highest BCUT2D eigenvalue weighted by Gasteiger charge is 2.15. The van der Waals surface area contributed by atoms with E-state index in [-0.39, 0.29) is 11.8 Å². The first-order valence-corrected chi connectivity index (χ1v) is 7.69. The van der Waals surface area contributed by atoms with Crippen molar-refractivity contribution in [1.29, 1.82) is 0 Å². The molecule has 1 N–H and O–H groups in total. The van der Waals surface area contributed by atoms with Crippen LogP contribution in [0.15, 0.2) is 48.7 Å². The van der Waals surface area contributed by atoms with Gasteiger partial charge in [0.1, 0.15) is 5.82 Å². The zero-order valence-corrected chi connectivity index (χ0v) is 13.5. The normalized spacial score (nSPS) is 11.0. The highest BCUT2D eigenvalue weighted by Crippen LogP contribution is 2.23. The summed E-state index contributed by atoms with van der Waals surface area (Å²) in [7, 11) is 0. The molecule has 0 aliphatic heterocycles. The maximum Gasteiger partial charge on any atom is 0.257 e. The van der Waals surface area contributed by atoms with E-state index >= 15 is 0 Å². The summed E-state index contributed by atoms with van der Waals surface area (Å²) in [5, 5.41) is 3.76. The van der Waals surface area contributed by atoms with Gasteiger partial charge in [-0.2, -0.15) is 0 Å². The molecule has 4 heteroatoms. The summed E-state index contributed by atoms with van der Waals surface area (Å²) < 4.78 is 0. The molecule has 0 saturated carbocycles. The number of aryl methyl sites for hydroxylation is 1. The number of anilines is 1. The summed E-state index contributed by atoms with van der Waals surface area (Å²) in [6.07, 6.45) is 1.67. The first kappa shape index (κ1) is 15.2. The molecule has 4 nitrogen and oxygen atoms in total. The molecule has 2 aromatic heterocycles. The van der Waals surface area contributed by atoms with Crippen LogP contribution in [0.3, 0.4) is 0 Å². The topological polar surface area (TPSA) is 54.9 Å². The van der Waals surface area contributed by atoms with Crippen molar-refractivity contribution in [3.05, 3.63) is 65.5 Å². The van der Waals surface area contributed by atoms with E-state index in [9.17, 15) is 4.79 Å². The summed E-state index contributed by atoms with van der Waals surface area (Å²) in [6, 6.07) is 13.4. The van der Waals surface area contributed by atoms with E-state index in [2.05, 4.69) is 29.1 Å². The third-order valence-electron chi connectivity index (χ3n) is 3.81. The van der Waals surface area contributed by atoms with Crippen LogP contribution < -0.4 is 5.32 Å². The van der Waals surface area contributed by atoms with Crippen molar-refractivity contribution < 1.29 is 4.79 Å². The van der Waals surface area contributed by atoms with Crippen molar-refractivity contribution in [1.82, 2.24) is 9.97 Å². The second-order valence-electron chi connectivity index (χ2n) is 5.89. The number of hydrogen-bond donors (Lipinski definition) is 1. The van der Waals surface area contributed by atoms with Gasteiger partial charge in [-0.05, 0) is 36.6 Å². The molecule has 0 saturated heterocycles. The van der Waals surface area contributed by atoms with Gasteiger partial charge in [0.15, 0.2) is 0 Å². The number of rotatable bonds is 3. The van der Waals surface area contributed by atoms with Crippen LogP contribution in [-0.2, 0) is 0 Å². The Kier molecular flexibility index (Phi) is 4.06. The second kappa shape index (κ2) is 6.16. The van der Waals surface area contributed by atoms with Crippen LogP contribution in [0, 0.1) is 6.92 Å². The van der Waals surface area contributed by atoms with E-state index in [4.69, 9.17) is 0 Å². The highest BCUT2D eigenvalue weighted by atomic mass is 16.1. The Hall–Kier alpha value is -2.75. The Bertz CT molecular complexity index is 871. The van der Waals surface area contributed by atoms with Gasteiger partial charge in [-0.1, -0.05) is 38.1 Å². The lowest BCUT2D eigenvalue weighted by molar-refractivity contribution is 0.102. The largest absolute Gasteiger partial charge is 0.306 e. The van der Waals surface area contributed by atoms with Crippen molar-refractivity contribution in [2.45, 2.75) is 26.7 Å². The monoisotopic (exact) mass is 305 g/mol. The van der Waals surface area contributed by atoms with Gasteiger partial charge >= 0.3 is 0 Å². The van der Waals surface area contributed by atoms with Gasteiger partial charge in [0.25, 0.3) is 5.91 Å². The number of nitrogens with zero attached hydrogens (tertiary/aromatic N) is 2. The van der Waals surface area contributed by atoms with Crippen LogP contribution in [0.25, 0.3) is 10.9 Å². The molecule has 3 aromatic rings. The predicted molar refractivity (Wildman–Crippen MR) is 92.8 cm³/mol. The lowest BCUT2D eigenvalue weighted by Crippen LogP contribution is -2.15. The number of para-hydroxylation sites is 1. The smallest absolute Gasteiger partial charge is 0.257 e. The second-order valence-corrected chi connectivity index (χ2v) is 5.89. The molecule has 2 heterocycles. The molecule has 0 atom stereocenters. The number of nitrogens with one attached hydrogen (secondary N) is 1. The number of pyridine rings is 2. The number of carbonyl (C=O) groups excluding carboxylic acids is 1. The predicted octanol–water partition coefficient (Wildman–Crippen LogP) is 4.31. The van der Waals surface area contributed by atoms with Crippen molar-refractivity contribution in [3.8, 4) is 0 Å². The zero-order chi connectivity index (χ0) is 16.4. The molecule has 0 bridgehead atoms. The summed E-state index contributed by atoms with van der Waals surface area (Å²) in [5.41, 5.74) is 3.31. The number of fused-ring (bicyclic) bond motifs is 1. The molecule has 0 fully saturated rings. The van der Waals surface area contributed by atoms with E-state index in [1.165, 1.54) is 0 Å². The minimum Gasteiger partial charge on any atom is -0.306 e. The number of benzene rings is 1. The van der Waals surface area contributed by atoms with Crippen molar-refractivity contribution >= 4 is 22.6 Å². The molecule has 1 aromatic carbocycles. The van der Waals surface area contributed by atoms with Crippen LogP contribution in [0.2, 0.25) is 0 Å². The van der Waals surface area contributed by atoms with Crippen LogP contribution >= 0.6 is 0 Å². The minimum absolute atomic E-state index is 0.160. The average Bonchev–Trinajstić information content (AvgIpc) is 2.55. The maximum atomic E-state index is 12.8. The first-order chi connectivity index (χ1) is 11.1. The molecule has 116 valence electrons. The highest BCUT2D eigenvalue weighted by molar-refractivity contribution is 6.12. The Balaban J connectivity index is 2.07. The van der Waals surface area contributed by atoms with Crippen LogP contribution in [0.4, 0.5) is 5.82 Å². The molecular formula is C19H19N3O. The molecule has 0 radical (unpaired) electrons. The number of hydrogen-bond acceptors (Lipinski definition) is 3. The minimum atomic E-state index is -0.160. The van der Waals surface area contributed by atoms with Crippen LogP contribution in [-0.4, -0.2) is 15.9 Å². The first-order valence-electron chi connectivity index (χ1n) is 7.69. The Labute approximate surface area is 135 Å². The molecule has 0 aliphatic rings. The molecule has 0 spiro atoms. The van der Waals surface area contributed by atoms with E-state index in [1.54, 1.807) is 6.20 Å². The lowest BCUT2D eigenvalue weighted by Gasteiger charge is -2.12. The van der Waals surface area contributed by atoms with Crippen molar-refractivity contribution in [2.24, 2.45) is 0 Å². The Morgan fingerprint density at radius 3 is 2.65 bits per heavy atom. The molecule has 1 amide bonds. The summed E-state index contributed by atoms with van der Waals surface area (Å²) in [4.78, 5) is 21.7. The SMILES string of the molecule is Cc1cccnc1NC(=O)c1cc(C(C)C)nc2ccccc12. The Morgan fingerprint density at radius 1 is 1.13 bits per heavy atom. The van der Waals surface area contributed by atoms with Gasteiger partial charge in [0.05, 0.1) is 11.1 Å². The van der Waals surface area contributed by atoms with Crippen molar-refractivity contribution in [2.75, 3.05) is 5.32 Å².